The molecule has 2 atom stereocenters. The Morgan fingerprint density at radius 3 is 2.75 bits per heavy atom. The largest absolute Gasteiger partial charge is 0.497 e. The Balaban J connectivity index is 1.68. The van der Waals surface area contributed by atoms with Gasteiger partial charge in [0.15, 0.2) is 11.6 Å². The quantitative estimate of drug-likeness (QED) is 0.593. The first-order chi connectivity index (χ1) is 13.6. The van der Waals surface area contributed by atoms with Gasteiger partial charge in [0.1, 0.15) is 24.3 Å². The first-order valence-corrected chi connectivity index (χ1v) is 8.98. The highest BCUT2D eigenvalue weighted by atomic mass is 19.1. The lowest BCUT2D eigenvalue weighted by Gasteiger charge is -2.22. The van der Waals surface area contributed by atoms with Crippen molar-refractivity contribution in [3.63, 3.8) is 0 Å². The lowest BCUT2D eigenvalue weighted by Crippen LogP contribution is -2.35. The van der Waals surface area contributed by atoms with E-state index in [1.54, 1.807) is 25.4 Å². The number of aliphatic hydroxyl groups excluding tert-OH is 1. The summed E-state index contributed by atoms with van der Waals surface area (Å²) < 4.78 is 26.2. The lowest BCUT2D eigenvalue weighted by atomic mass is 10.1. The van der Waals surface area contributed by atoms with Gasteiger partial charge in [-0.1, -0.05) is 24.3 Å². The van der Waals surface area contributed by atoms with Crippen molar-refractivity contribution in [1.29, 1.82) is 0 Å². The average Bonchev–Trinajstić information content (AvgIpc) is 3.13. The van der Waals surface area contributed by atoms with Crippen molar-refractivity contribution < 1.29 is 19.0 Å². The first kappa shape index (κ1) is 19.9. The van der Waals surface area contributed by atoms with E-state index in [2.05, 4.69) is 10.3 Å². The molecule has 0 aliphatic carbocycles. The normalized spacial score (nSPS) is 13.1. The third-order valence-corrected chi connectivity index (χ3v) is 4.37. The minimum Gasteiger partial charge on any atom is -0.497 e. The summed E-state index contributed by atoms with van der Waals surface area (Å²) in [6, 6.07) is 13.5. The Kier molecular flexibility index (Phi) is 6.62. The number of nitrogens with one attached hydrogen (secondary N) is 1. The van der Waals surface area contributed by atoms with E-state index >= 15 is 0 Å². The summed E-state index contributed by atoms with van der Waals surface area (Å²) in [7, 11) is 3.53. The maximum atomic E-state index is 13.6. The van der Waals surface area contributed by atoms with Crippen LogP contribution in [0.1, 0.15) is 17.4 Å². The number of hydrogen-bond donors (Lipinski definition) is 2. The van der Waals surface area contributed by atoms with Crippen LogP contribution in [0.3, 0.4) is 0 Å². The van der Waals surface area contributed by atoms with Gasteiger partial charge in [0.25, 0.3) is 0 Å². The van der Waals surface area contributed by atoms with Gasteiger partial charge >= 0.3 is 0 Å². The van der Waals surface area contributed by atoms with Crippen molar-refractivity contribution in [2.75, 3.05) is 20.3 Å². The molecule has 0 aliphatic heterocycles. The number of halogens is 1. The predicted molar refractivity (Wildman–Crippen MR) is 104 cm³/mol. The van der Waals surface area contributed by atoms with Crippen LogP contribution in [0.2, 0.25) is 0 Å². The number of para-hydroxylation sites is 1. The summed E-state index contributed by atoms with van der Waals surface area (Å²) in [6.07, 6.45) is 2.76. The van der Waals surface area contributed by atoms with Crippen LogP contribution in [-0.4, -0.2) is 41.0 Å². The first-order valence-electron chi connectivity index (χ1n) is 8.98. The molecule has 2 N–H and O–H groups in total. The van der Waals surface area contributed by atoms with E-state index in [1.807, 2.05) is 42.1 Å². The van der Waals surface area contributed by atoms with Crippen LogP contribution in [0, 0.1) is 5.82 Å². The molecule has 28 heavy (non-hydrogen) atoms. The minimum absolute atomic E-state index is 0.0284. The molecule has 3 rings (SSSR count). The van der Waals surface area contributed by atoms with Crippen LogP contribution < -0.4 is 14.8 Å². The molecule has 1 heterocycles. The number of aromatic nitrogens is 2. The van der Waals surface area contributed by atoms with E-state index in [9.17, 15) is 9.50 Å². The summed E-state index contributed by atoms with van der Waals surface area (Å²) in [5, 5.41) is 13.6. The van der Waals surface area contributed by atoms with Crippen LogP contribution in [0.15, 0.2) is 60.9 Å². The Labute approximate surface area is 163 Å². The van der Waals surface area contributed by atoms with Crippen molar-refractivity contribution >= 4 is 0 Å². The molecule has 0 fully saturated rings. The molecule has 2 aromatic carbocycles. The molecule has 1 aromatic heterocycles. The van der Waals surface area contributed by atoms with Gasteiger partial charge in [0.2, 0.25) is 0 Å². The Hall–Kier alpha value is -2.90. The smallest absolute Gasteiger partial charge is 0.165 e. The number of rotatable bonds is 9. The molecule has 0 amide bonds. The van der Waals surface area contributed by atoms with E-state index in [1.165, 1.54) is 12.1 Å². The highest BCUT2D eigenvalue weighted by molar-refractivity contribution is 5.33. The molecule has 0 aliphatic rings. The fraction of sp³-hybridized carbons (Fsp3) is 0.286. The molecular weight excluding hydrogens is 361 g/mol. The summed E-state index contributed by atoms with van der Waals surface area (Å²) in [4.78, 5) is 4.43. The number of hydrogen-bond acceptors (Lipinski definition) is 5. The van der Waals surface area contributed by atoms with Gasteiger partial charge in [0, 0.05) is 26.0 Å². The molecule has 148 valence electrons. The average molecular weight is 385 g/mol. The summed E-state index contributed by atoms with van der Waals surface area (Å²) >= 11 is 0. The van der Waals surface area contributed by atoms with Crippen LogP contribution in [0.25, 0.3) is 0 Å². The number of imidazole rings is 1. The summed E-state index contributed by atoms with van der Waals surface area (Å²) in [6.45, 7) is 0.211. The second kappa shape index (κ2) is 9.34. The highest BCUT2D eigenvalue weighted by Gasteiger charge is 2.20. The molecule has 2 unspecified atom stereocenters. The molecule has 6 nitrogen and oxygen atoms in total. The zero-order chi connectivity index (χ0) is 19.9. The third-order valence-electron chi connectivity index (χ3n) is 4.37. The van der Waals surface area contributed by atoms with Crippen LogP contribution in [-0.2, 0) is 7.05 Å². The fourth-order valence-electron chi connectivity index (χ4n) is 2.90. The lowest BCUT2D eigenvalue weighted by molar-refractivity contribution is 0.102. The zero-order valence-corrected chi connectivity index (χ0v) is 15.9. The van der Waals surface area contributed by atoms with Gasteiger partial charge in [-0.2, -0.15) is 0 Å². The van der Waals surface area contributed by atoms with Gasteiger partial charge in [-0.25, -0.2) is 9.37 Å². The molecule has 0 spiro atoms. The minimum atomic E-state index is -0.826. The van der Waals surface area contributed by atoms with Crippen molar-refractivity contribution in [1.82, 2.24) is 14.9 Å². The predicted octanol–water partition coefficient (Wildman–Crippen LogP) is 2.69. The van der Waals surface area contributed by atoms with Gasteiger partial charge in [0.05, 0.1) is 13.2 Å². The van der Waals surface area contributed by atoms with E-state index in [-0.39, 0.29) is 24.9 Å². The highest BCUT2D eigenvalue weighted by Crippen LogP contribution is 2.24. The molecule has 0 bridgehead atoms. The van der Waals surface area contributed by atoms with Crippen molar-refractivity contribution in [2.45, 2.75) is 12.1 Å². The summed E-state index contributed by atoms with van der Waals surface area (Å²) in [5.41, 5.74) is 0.955. The second-order valence-corrected chi connectivity index (χ2v) is 6.41. The SMILES string of the molecule is COc1cccc(C(NCC(O)COc2ccccc2F)c2nccn2C)c1. The number of benzene rings is 2. The van der Waals surface area contributed by atoms with E-state index in [4.69, 9.17) is 9.47 Å². The van der Waals surface area contributed by atoms with Gasteiger partial charge in [-0.3, -0.25) is 0 Å². The number of ether oxygens (including phenoxy) is 2. The van der Waals surface area contributed by atoms with Gasteiger partial charge in [-0.15, -0.1) is 0 Å². The zero-order valence-electron chi connectivity index (χ0n) is 15.9. The van der Waals surface area contributed by atoms with Gasteiger partial charge < -0.3 is 24.5 Å². The van der Waals surface area contributed by atoms with Gasteiger partial charge in [-0.05, 0) is 29.8 Å². The van der Waals surface area contributed by atoms with Crippen LogP contribution in [0.5, 0.6) is 11.5 Å². The maximum Gasteiger partial charge on any atom is 0.165 e. The molecular formula is C21H24FN3O3. The summed E-state index contributed by atoms with van der Waals surface area (Å²) in [5.74, 6) is 1.21. The number of methoxy groups -OCH3 is 1. The second-order valence-electron chi connectivity index (χ2n) is 6.41. The van der Waals surface area contributed by atoms with Crippen molar-refractivity contribution in [3.05, 3.63) is 78.1 Å². The fourth-order valence-corrected chi connectivity index (χ4v) is 2.90. The Bertz CT molecular complexity index is 900. The Morgan fingerprint density at radius 1 is 1.21 bits per heavy atom. The monoisotopic (exact) mass is 385 g/mol. The topological polar surface area (TPSA) is 68.5 Å². The van der Waals surface area contributed by atoms with E-state index in [0.717, 1.165) is 17.1 Å². The molecule has 0 radical (unpaired) electrons. The molecule has 0 saturated carbocycles. The van der Waals surface area contributed by atoms with Crippen LogP contribution in [0.4, 0.5) is 4.39 Å². The molecule has 3 aromatic rings. The third kappa shape index (κ3) is 4.88. The van der Waals surface area contributed by atoms with Crippen molar-refractivity contribution in [2.24, 2.45) is 7.05 Å². The standard InChI is InChI=1S/C21H24FN3O3/c1-25-11-10-23-21(25)20(15-6-5-7-17(12-15)27-2)24-13-16(26)14-28-19-9-4-3-8-18(19)22/h3-12,16,20,24,26H,13-14H2,1-2H3. The Morgan fingerprint density at radius 2 is 2.04 bits per heavy atom. The number of aryl methyl sites for hydroxylation is 1. The molecule has 0 saturated heterocycles. The number of nitrogens with zero attached hydrogens (tertiary/aromatic N) is 2. The molecule has 7 heteroatoms. The van der Waals surface area contributed by atoms with Crippen LogP contribution >= 0.6 is 0 Å². The van der Waals surface area contributed by atoms with E-state index < -0.39 is 11.9 Å². The maximum absolute atomic E-state index is 13.6. The van der Waals surface area contributed by atoms with Crippen molar-refractivity contribution in [3.8, 4) is 11.5 Å². The number of aliphatic hydroxyl groups is 1. The van der Waals surface area contributed by atoms with E-state index in [0.29, 0.717) is 0 Å².